The van der Waals surface area contributed by atoms with Gasteiger partial charge in [-0.15, -0.1) is 0 Å². The lowest BCUT2D eigenvalue weighted by Crippen LogP contribution is -2.61. The highest BCUT2D eigenvalue weighted by Gasteiger charge is 2.42. The normalized spacial score (nSPS) is 17.2. The lowest BCUT2D eigenvalue weighted by Gasteiger charge is -2.40. The molecule has 3 aliphatic rings. The van der Waals surface area contributed by atoms with Gasteiger partial charge < -0.3 is 46.9 Å². The summed E-state index contributed by atoms with van der Waals surface area (Å²) < 4.78 is 22.5. The molecule has 5 heterocycles. The number of nitrogens with two attached hydrogens (primary N) is 2. The van der Waals surface area contributed by atoms with E-state index >= 15 is 0 Å². The van der Waals surface area contributed by atoms with E-state index in [2.05, 4.69) is 32.1 Å². The maximum atomic E-state index is 14.7. The van der Waals surface area contributed by atoms with E-state index in [1.807, 2.05) is 43.9 Å². The molecule has 4 atom stereocenters. The van der Waals surface area contributed by atoms with Crippen molar-refractivity contribution in [2.75, 3.05) is 44.4 Å². The second-order valence-corrected chi connectivity index (χ2v) is 20.1. The lowest BCUT2D eigenvalue weighted by atomic mass is 9.84. The standard InChI is InChI=1S/C52H68FN13O6/c1-31(57-5)49(69)61-45(52(2,3)4)51(71)65-29-33-24-35(18-16-32(33)25-41(65)47(56)68)72-23-12-10-8-7-9-11-15-43(67)58-20-22-66-42-30-63(6)50(70)36-19-17-34(53)26-37(36)40-14-13-21-64(40)48-46(55)59-28-39(60-48)44(42)38(27-54)62-66/h16-19,24,26,28,31,40-41,45,57H,7-15,20-23,25,29-30H2,1-6H3,(H2,55,59)(H2,56,68)(H,58,67)(H,61,69)/t31-,40+,41-,45+/m0/s1. The van der Waals surface area contributed by atoms with Crippen LogP contribution in [0.2, 0.25) is 0 Å². The van der Waals surface area contributed by atoms with Crippen molar-refractivity contribution in [3.8, 4) is 23.1 Å². The summed E-state index contributed by atoms with van der Waals surface area (Å²) >= 11 is 0. The molecule has 19 nitrogen and oxygen atoms in total. The number of nitrogen functional groups attached to an aromatic ring is 1. The number of anilines is 2. The SMILES string of the molecule is CN[C@@H](C)C(=O)N[C@H](C(=O)N1Cc2cc(OCCCCCCCCC(=O)NCCn3nc(C#N)c4c3CN(C)C(=O)c3ccc(F)cc3[C@H]3CCCN3c3nc-4cnc3N)ccc2C[C@H]1C(N)=O)C(C)(C)C. The third-order valence-corrected chi connectivity index (χ3v) is 13.9. The molecular weight excluding hydrogens is 922 g/mol. The minimum atomic E-state index is -0.882. The van der Waals surface area contributed by atoms with Gasteiger partial charge in [-0.1, -0.05) is 52.5 Å². The molecule has 5 amide bonds. The van der Waals surface area contributed by atoms with Crippen LogP contribution in [0.25, 0.3) is 11.3 Å². The minimum Gasteiger partial charge on any atom is -0.494 e. The molecule has 1 fully saturated rings. The summed E-state index contributed by atoms with van der Waals surface area (Å²) in [6.07, 6.45) is 8.84. The molecule has 2 bridgehead atoms. The number of unbranched alkanes of at least 4 members (excludes halogenated alkanes) is 5. The third-order valence-electron chi connectivity index (χ3n) is 13.9. The van der Waals surface area contributed by atoms with Crippen LogP contribution in [-0.4, -0.2) is 111 Å². The topological polar surface area (TPSA) is 260 Å². The van der Waals surface area contributed by atoms with Crippen molar-refractivity contribution < 1.29 is 33.1 Å². The van der Waals surface area contributed by atoms with Crippen LogP contribution in [0.3, 0.4) is 0 Å². The van der Waals surface area contributed by atoms with E-state index in [4.69, 9.17) is 21.2 Å². The minimum absolute atomic E-state index is 0.0469. The zero-order valence-corrected chi connectivity index (χ0v) is 42.2. The Bertz CT molecular complexity index is 2710. The van der Waals surface area contributed by atoms with Gasteiger partial charge in [0.05, 0.1) is 54.9 Å². The summed E-state index contributed by atoms with van der Waals surface area (Å²) in [6.45, 7) is 9.03. The van der Waals surface area contributed by atoms with Gasteiger partial charge in [-0.05, 0) is 92.1 Å². The van der Waals surface area contributed by atoms with E-state index in [-0.39, 0.29) is 73.8 Å². The number of ether oxygens (including phenoxy) is 1. The summed E-state index contributed by atoms with van der Waals surface area (Å²) in [4.78, 5) is 80.9. The zero-order valence-electron chi connectivity index (χ0n) is 42.2. The monoisotopic (exact) mass is 990 g/mol. The van der Waals surface area contributed by atoms with E-state index in [9.17, 15) is 33.6 Å². The van der Waals surface area contributed by atoms with Crippen molar-refractivity contribution in [2.45, 2.75) is 136 Å². The fraction of sp³-hybridized carbons (Fsp3) is 0.519. The quantitative estimate of drug-likeness (QED) is 0.0851. The van der Waals surface area contributed by atoms with Crippen LogP contribution in [-0.2, 0) is 45.2 Å². The fourth-order valence-corrected chi connectivity index (χ4v) is 9.78. The summed E-state index contributed by atoms with van der Waals surface area (Å²) in [5.74, 6) is -0.936. The molecule has 384 valence electrons. The van der Waals surface area contributed by atoms with Crippen molar-refractivity contribution >= 4 is 41.2 Å². The van der Waals surface area contributed by atoms with E-state index < -0.39 is 35.3 Å². The average Bonchev–Trinajstić information content (AvgIpc) is 3.98. The van der Waals surface area contributed by atoms with Crippen molar-refractivity contribution in [3.63, 3.8) is 0 Å². The number of nitriles is 1. The Morgan fingerprint density at radius 2 is 1.78 bits per heavy atom. The number of likely N-dealkylation sites (N-methyl/N-ethyl adjacent to an activating group) is 1. The van der Waals surface area contributed by atoms with Crippen LogP contribution in [0.15, 0.2) is 42.6 Å². The Kier molecular flexibility index (Phi) is 16.8. The second-order valence-electron chi connectivity index (χ2n) is 20.1. The highest BCUT2D eigenvalue weighted by atomic mass is 19.1. The number of benzene rings is 2. The number of hydrogen-bond donors (Lipinski definition) is 5. The predicted octanol–water partition coefficient (Wildman–Crippen LogP) is 4.66. The van der Waals surface area contributed by atoms with Crippen molar-refractivity contribution in [2.24, 2.45) is 11.1 Å². The molecule has 0 aliphatic carbocycles. The second kappa shape index (κ2) is 22.9. The molecule has 0 saturated carbocycles. The van der Waals surface area contributed by atoms with E-state index in [0.29, 0.717) is 65.6 Å². The zero-order chi connectivity index (χ0) is 51.9. The van der Waals surface area contributed by atoms with E-state index in [1.54, 1.807) is 25.7 Å². The Hall–Kier alpha value is -7.14. The number of rotatable bonds is 18. The Labute approximate surface area is 420 Å². The Morgan fingerprint density at radius 3 is 2.50 bits per heavy atom. The van der Waals surface area contributed by atoms with Crippen LogP contribution in [0.5, 0.6) is 5.75 Å². The van der Waals surface area contributed by atoms with Gasteiger partial charge in [0.1, 0.15) is 29.7 Å². The highest BCUT2D eigenvalue weighted by molar-refractivity contribution is 5.96. The van der Waals surface area contributed by atoms with Gasteiger partial charge in [-0.2, -0.15) is 10.4 Å². The fourth-order valence-electron chi connectivity index (χ4n) is 9.78. The third kappa shape index (κ3) is 12.0. The largest absolute Gasteiger partial charge is 0.494 e. The maximum absolute atomic E-state index is 14.7. The predicted molar refractivity (Wildman–Crippen MR) is 268 cm³/mol. The summed E-state index contributed by atoms with van der Waals surface area (Å²) in [6, 6.07) is 9.45. The number of fused-ring (bicyclic) bond motifs is 9. The number of carbonyl (C=O) groups is 5. The van der Waals surface area contributed by atoms with E-state index in [1.165, 1.54) is 34.2 Å². The molecule has 2 aromatic heterocycles. The first-order valence-electron chi connectivity index (χ1n) is 24.9. The van der Waals surface area contributed by atoms with Crippen LogP contribution in [0.1, 0.15) is 130 Å². The van der Waals surface area contributed by atoms with Crippen LogP contribution in [0, 0.1) is 22.6 Å². The van der Waals surface area contributed by atoms with Crippen LogP contribution in [0.4, 0.5) is 16.0 Å². The van der Waals surface area contributed by atoms with Gasteiger partial charge in [0.2, 0.25) is 23.6 Å². The molecule has 0 unspecified atom stereocenters. The number of halogens is 1. The molecule has 1 saturated heterocycles. The Balaban J connectivity index is 0.875. The van der Waals surface area contributed by atoms with Crippen LogP contribution < -0.4 is 37.1 Å². The number of aromatic nitrogens is 4. The van der Waals surface area contributed by atoms with E-state index in [0.717, 1.165) is 56.1 Å². The number of carbonyl (C=O) groups excluding carboxylic acids is 5. The number of primary amides is 1. The van der Waals surface area contributed by atoms with Crippen molar-refractivity contribution in [1.82, 2.24) is 45.5 Å². The van der Waals surface area contributed by atoms with Gasteiger partial charge in [-0.25, -0.2) is 14.4 Å². The Morgan fingerprint density at radius 1 is 1.03 bits per heavy atom. The molecule has 0 radical (unpaired) electrons. The molecule has 72 heavy (non-hydrogen) atoms. The maximum Gasteiger partial charge on any atom is 0.254 e. The van der Waals surface area contributed by atoms with Crippen molar-refractivity contribution in [3.05, 3.63) is 82.1 Å². The first kappa shape index (κ1) is 52.7. The van der Waals surface area contributed by atoms with Gasteiger partial charge in [-0.3, -0.25) is 28.7 Å². The lowest BCUT2D eigenvalue weighted by molar-refractivity contribution is -0.146. The molecule has 20 heteroatoms. The summed E-state index contributed by atoms with van der Waals surface area (Å²) in [5.41, 5.74) is 15.7. The number of nitrogens with one attached hydrogen (secondary N) is 3. The first-order chi connectivity index (χ1) is 34.4. The number of amides is 5. The number of nitrogens with zero attached hydrogens (tertiary/aromatic N) is 8. The van der Waals surface area contributed by atoms with Crippen LogP contribution >= 0.6 is 0 Å². The molecule has 3 aliphatic heterocycles. The average molecular weight is 990 g/mol. The molecule has 7 N–H and O–H groups in total. The molecule has 0 spiro atoms. The number of hydrogen-bond acceptors (Lipinski definition) is 13. The smallest absolute Gasteiger partial charge is 0.254 e. The first-order valence-corrected chi connectivity index (χ1v) is 24.9. The summed E-state index contributed by atoms with van der Waals surface area (Å²) in [7, 11) is 3.32. The molecule has 2 aromatic carbocycles. The highest BCUT2D eigenvalue weighted by Crippen LogP contribution is 2.41. The van der Waals surface area contributed by atoms with Gasteiger partial charge in [0, 0.05) is 45.1 Å². The van der Waals surface area contributed by atoms with Crippen molar-refractivity contribution in [1.29, 1.82) is 5.26 Å². The molecule has 7 rings (SSSR count). The summed E-state index contributed by atoms with van der Waals surface area (Å²) in [5, 5.41) is 23.6. The molecular formula is C52H68FN13O6. The van der Waals surface area contributed by atoms with Gasteiger partial charge in [0.25, 0.3) is 5.91 Å². The van der Waals surface area contributed by atoms with Gasteiger partial charge >= 0.3 is 0 Å². The van der Waals surface area contributed by atoms with Gasteiger partial charge in [0.15, 0.2) is 17.3 Å². The molecule has 4 aromatic rings.